The van der Waals surface area contributed by atoms with Crippen LogP contribution in [0, 0.1) is 0 Å². The molecule has 1 N–H and O–H groups in total. The Morgan fingerprint density at radius 1 is 0.919 bits per heavy atom. The molecule has 1 unspecified atom stereocenters. The van der Waals surface area contributed by atoms with Gasteiger partial charge in [-0.05, 0) is 54.2 Å². The first-order chi connectivity index (χ1) is 17.5. The molecule has 0 fully saturated rings. The molecular weight excluding hydrogens is 484 g/mol. The Morgan fingerprint density at radius 3 is 2.22 bits per heavy atom. The van der Waals surface area contributed by atoms with Crippen LogP contribution in [0.15, 0.2) is 78.9 Å². The van der Waals surface area contributed by atoms with Gasteiger partial charge < -0.3 is 15.0 Å². The van der Waals surface area contributed by atoms with Gasteiger partial charge in [0, 0.05) is 24.0 Å². The highest BCUT2D eigenvalue weighted by Crippen LogP contribution is 2.31. The first-order valence-corrected chi connectivity index (χ1v) is 13.0. The van der Waals surface area contributed by atoms with Crippen molar-refractivity contribution in [3.05, 3.63) is 101 Å². The number of nitrogens with zero attached hydrogens (tertiary/aromatic N) is 1. The van der Waals surface area contributed by atoms with Gasteiger partial charge in [-0.1, -0.05) is 93.0 Å². The fourth-order valence-corrected chi connectivity index (χ4v) is 4.41. The highest BCUT2D eigenvalue weighted by molar-refractivity contribution is 6.30. The second-order valence-electron chi connectivity index (χ2n) is 10.6. The first-order valence-electron chi connectivity index (χ1n) is 12.6. The number of ether oxygens (including phenoxy) is 1. The molecule has 0 aromatic heterocycles. The molecule has 6 heteroatoms. The number of para-hydroxylation sites is 1. The van der Waals surface area contributed by atoms with Crippen molar-refractivity contribution in [3.8, 4) is 5.75 Å². The summed E-state index contributed by atoms with van der Waals surface area (Å²) in [5.41, 5.74) is 2.68. The molecule has 0 aliphatic heterocycles. The number of rotatable bonds is 10. The summed E-state index contributed by atoms with van der Waals surface area (Å²) in [6.45, 7) is 10.2. The molecular formula is C31H37ClN2O3. The van der Waals surface area contributed by atoms with Gasteiger partial charge in [-0.25, -0.2) is 0 Å². The third-order valence-corrected chi connectivity index (χ3v) is 6.23. The Kier molecular flexibility index (Phi) is 9.76. The molecule has 3 aromatic carbocycles. The molecule has 37 heavy (non-hydrogen) atoms. The van der Waals surface area contributed by atoms with Gasteiger partial charge in [0.2, 0.25) is 5.91 Å². The number of nitrogens with one attached hydrogen (secondary N) is 1. The monoisotopic (exact) mass is 520 g/mol. The molecule has 5 nitrogen and oxygen atoms in total. The third-order valence-electron chi connectivity index (χ3n) is 5.99. The van der Waals surface area contributed by atoms with Gasteiger partial charge in [0.05, 0.1) is 0 Å². The second kappa shape index (κ2) is 12.8. The van der Waals surface area contributed by atoms with Crippen LogP contribution in [0.4, 0.5) is 0 Å². The van der Waals surface area contributed by atoms with Crippen LogP contribution in [0.3, 0.4) is 0 Å². The Balaban J connectivity index is 1.94. The van der Waals surface area contributed by atoms with E-state index in [1.54, 1.807) is 11.0 Å². The van der Waals surface area contributed by atoms with Gasteiger partial charge in [0.25, 0.3) is 5.91 Å². The summed E-state index contributed by atoms with van der Waals surface area (Å²) in [6.07, 6.45) is 0.379. The number of carbonyl (C=O) groups is 2. The summed E-state index contributed by atoms with van der Waals surface area (Å²) >= 11 is 6.24. The lowest BCUT2D eigenvalue weighted by atomic mass is 9.86. The van der Waals surface area contributed by atoms with Gasteiger partial charge in [-0.3, -0.25) is 9.59 Å². The number of hydrogen-bond acceptors (Lipinski definition) is 3. The largest absolute Gasteiger partial charge is 0.483 e. The lowest BCUT2D eigenvalue weighted by molar-refractivity contribution is -0.143. The van der Waals surface area contributed by atoms with E-state index < -0.39 is 6.04 Å². The average molecular weight is 521 g/mol. The molecule has 1 atom stereocenters. The van der Waals surface area contributed by atoms with Gasteiger partial charge in [0.1, 0.15) is 11.8 Å². The van der Waals surface area contributed by atoms with Gasteiger partial charge in [-0.2, -0.15) is 0 Å². The molecule has 196 valence electrons. The van der Waals surface area contributed by atoms with Crippen LogP contribution < -0.4 is 10.1 Å². The predicted molar refractivity (Wildman–Crippen MR) is 150 cm³/mol. The lowest BCUT2D eigenvalue weighted by Crippen LogP contribution is -2.52. The van der Waals surface area contributed by atoms with E-state index in [2.05, 4.69) is 26.1 Å². The van der Waals surface area contributed by atoms with Crippen LogP contribution in [-0.2, 0) is 28.0 Å². The smallest absolute Gasteiger partial charge is 0.261 e. The van der Waals surface area contributed by atoms with Crippen molar-refractivity contribution >= 4 is 23.4 Å². The van der Waals surface area contributed by atoms with Gasteiger partial charge in [0.15, 0.2) is 6.61 Å². The summed E-state index contributed by atoms with van der Waals surface area (Å²) in [5, 5.41) is 3.57. The summed E-state index contributed by atoms with van der Waals surface area (Å²) in [5.74, 6) is 0.185. The van der Waals surface area contributed by atoms with E-state index in [9.17, 15) is 9.59 Å². The predicted octanol–water partition coefficient (Wildman–Crippen LogP) is 6.18. The minimum atomic E-state index is -0.724. The van der Waals surface area contributed by atoms with E-state index in [1.165, 1.54) is 0 Å². The van der Waals surface area contributed by atoms with Crippen LogP contribution in [0.5, 0.6) is 5.75 Å². The molecule has 3 rings (SSSR count). The molecule has 2 amide bonds. The van der Waals surface area contributed by atoms with E-state index in [4.69, 9.17) is 16.3 Å². The molecule has 0 aliphatic rings. The highest BCUT2D eigenvalue weighted by atomic mass is 35.5. The molecule has 0 aliphatic carbocycles. The topological polar surface area (TPSA) is 58.6 Å². The van der Waals surface area contributed by atoms with Crippen molar-refractivity contribution < 1.29 is 14.3 Å². The summed E-state index contributed by atoms with van der Waals surface area (Å²) in [4.78, 5) is 28.8. The van der Waals surface area contributed by atoms with E-state index in [1.807, 2.05) is 86.6 Å². The molecule has 0 saturated heterocycles. The van der Waals surface area contributed by atoms with Crippen LogP contribution >= 0.6 is 11.6 Å². The van der Waals surface area contributed by atoms with Crippen molar-refractivity contribution in [1.29, 1.82) is 0 Å². The SMILES string of the molecule is CC(C)NC(=O)C(Cc1ccccc1)N(Cc1cccc(Cl)c1)C(=O)COc1ccccc1C(C)(C)C. The Hall–Kier alpha value is -3.31. The highest BCUT2D eigenvalue weighted by Gasteiger charge is 2.31. The van der Waals surface area contributed by atoms with Crippen molar-refractivity contribution in [3.63, 3.8) is 0 Å². The molecule has 0 heterocycles. The van der Waals surface area contributed by atoms with E-state index in [0.717, 1.165) is 16.7 Å². The minimum absolute atomic E-state index is 0.0659. The lowest BCUT2D eigenvalue weighted by Gasteiger charge is -2.32. The first kappa shape index (κ1) is 28.3. The molecule has 3 aromatic rings. The maximum Gasteiger partial charge on any atom is 0.261 e. The number of amides is 2. The van der Waals surface area contributed by atoms with E-state index in [0.29, 0.717) is 17.2 Å². The number of halogens is 1. The number of hydrogen-bond donors (Lipinski definition) is 1. The van der Waals surface area contributed by atoms with Crippen molar-refractivity contribution in [2.45, 2.75) is 65.1 Å². The molecule has 0 bridgehead atoms. The fourth-order valence-electron chi connectivity index (χ4n) is 4.20. The van der Waals surface area contributed by atoms with Crippen molar-refractivity contribution in [2.75, 3.05) is 6.61 Å². The van der Waals surface area contributed by atoms with Gasteiger partial charge in [-0.15, -0.1) is 0 Å². The molecule has 0 saturated carbocycles. The van der Waals surface area contributed by atoms with Crippen molar-refractivity contribution in [2.24, 2.45) is 0 Å². The fraction of sp³-hybridized carbons (Fsp3) is 0.355. The maximum absolute atomic E-state index is 13.8. The zero-order chi connectivity index (χ0) is 27.0. The van der Waals surface area contributed by atoms with Gasteiger partial charge >= 0.3 is 0 Å². The van der Waals surface area contributed by atoms with E-state index in [-0.39, 0.29) is 36.4 Å². The van der Waals surface area contributed by atoms with Crippen LogP contribution in [0.1, 0.15) is 51.3 Å². The van der Waals surface area contributed by atoms with E-state index >= 15 is 0 Å². The standard InChI is InChI=1S/C31H37ClN2O3/c1-22(2)33-30(36)27(19-23-12-7-6-8-13-23)34(20-24-14-11-15-25(32)18-24)29(35)21-37-28-17-10-9-16-26(28)31(3,4)5/h6-18,22,27H,19-21H2,1-5H3,(H,33,36). The minimum Gasteiger partial charge on any atom is -0.483 e. The zero-order valence-corrected chi connectivity index (χ0v) is 23.1. The summed E-state index contributed by atoms with van der Waals surface area (Å²) < 4.78 is 6.08. The average Bonchev–Trinajstić information content (AvgIpc) is 2.84. The normalized spacial score (nSPS) is 12.2. The zero-order valence-electron chi connectivity index (χ0n) is 22.3. The maximum atomic E-state index is 13.8. The summed E-state index contributed by atoms with van der Waals surface area (Å²) in [6, 6.07) is 24.0. The Bertz CT molecular complexity index is 1190. The van der Waals surface area contributed by atoms with Crippen molar-refractivity contribution in [1.82, 2.24) is 10.2 Å². The third kappa shape index (κ3) is 8.36. The Labute approximate surface area is 225 Å². The summed E-state index contributed by atoms with van der Waals surface area (Å²) in [7, 11) is 0. The molecule has 0 radical (unpaired) electrons. The number of carbonyl (C=O) groups excluding carboxylic acids is 2. The number of benzene rings is 3. The van der Waals surface area contributed by atoms with Crippen LogP contribution in [0.25, 0.3) is 0 Å². The quantitative estimate of drug-likeness (QED) is 0.347. The Morgan fingerprint density at radius 2 is 1.57 bits per heavy atom. The van der Waals surface area contributed by atoms with Crippen LogP contribution in [0.2, 0.25) is 5.02 Å². The second-order valence-corrected chi connectivity index (χ2v) is 11.0. The van der Waals surface area contributed by atoms with Crippen LogP contribution in [-0.4, -0.2) is 35.4 Å². The molecule has 0 spiro atoms.